The second-order valence-electron chi connectivity index (χ2n) is 8.36. The van der Waals surface area contributed by atoms with Crippen LogP contribution in [0.3, 0.4) is 0 Å². The molecule has 0 radical (unpaired) electrons. The molecular formula is C23H26ClFN8. The third kappa shape index (κ3) is 4.78. The number of benzene rings is 1. The van der Waals surface area contributed by atoms with Crippen molar-refractivity contribution in [3.05, 3.63) is 53.4 Å². The third-order valence-electron chi connectivity index (χ3n) is 6.10. The Balaban J connectivity index is 1.40. The highest BCUT2D eigenvalue weighted by Gasteiger charge is 2.27. The van der Waals surface area contributed by atoms with Crippen LogP contribution in [0.4, 0.5) is 33.7 Å². The highest BCUT2D eigenvalue weighted by molar-refractivity contribution is 6.32. The lowest BCUT2D eigenvalue weighted by molar-refractivity contribution is 0.628. The van der Waals surface area contributed by atoms with Crippen molar-refractivity contribution in [2.75, 3.05) is 52.7 Å². The third-order valence-corrected chi connectivity index (χ3v) is 6.40. The quantitative estimate of drug-likeness (QED) is 0.599. The molecule has 0 aliphatic carbocycles. The van der Waals surface area contributed by atoms with E-state index in [1.165, 1.54) is 12.1 Å². The maximum absolute atomic E-state index is 13.7. The molecule has 2 saturated heterocycles. The zero-order chi connectivity index (χ0) is 22.8. The van der Waals surface area contributed by atoms with Crippen LogP contribution in [0.1, 0.15) is 19.8 Å². The first-order valence-corrected chi connectivity index (χ1v) is 11.6. The maximum atomic E-state index is 13.7. The second kappa shape index (κ2) is 9.35. The van der Waals surface area contributed by atoms with Gasteiger partial charge in [-0.1, -0.05) is 17.7 Å². The molecule has 0 bridgehead atoms. The summed E-state index contributed by atoms with van der Waals surface area (Å²) >= 11 is 6.34. The van der Waals surface area contributed by atoms with E-state index in [0.717, 1.165) is 51.4 Å². The van der Waals surface area contributed by atoms with Crippen LogP contribution in [0, 0.1) is 5.82 Å². The Kier molecular flexibility index (Phi) is 6.13. The number of hydrogen-bond donors (Lipinski definition) is 1. The Bertz CT molecular complexity index is 1120. The number of hydrogen-bond acceptors (Lipinski definition) is 8. The van der Waals surface area contributed by atoms with Gasteiger partial charge in [0.25, 0.3) is 0 Å². The standard InChI is InChI=1S/C23H26ClFN8/c1-16-5-4-10-33(16)23-29-21(27-18-7-2-6-17(25)15-18)28-22(30-23)32-13-11-31(12-14-32)20-19(24)8-3-9-26-20/h2-3,6-9,15-16H,4-5,10-14H2,1H3,(H,27,28,29,30). The maximum Gasteiger partial charge on any atom is 0.233 e. The monoisotopic (exact) mass is 468 g/mol. The van der Waals surface area contributed by atoms with Gasteiger partial charge in [0.2, 0.25) is 17.8 Å². The van der Waals surface area contributed by atoms with Crippen molar-refractivity contribution in [2.45, 2.75) is 25.8 Å². The van der Waals surface area contributed by atoms with Gasteiger partial charge in [-0.05, 0) is 50.1 Å². The molecule has 4 heterocycles. The van der Waals surface area contributed by atoms with Crippen molar-refractivity contribution in [2.24, 2.45) is 0 Å². The molecule has 1 unspecified atom stereocenters. The van der Waals surface area contributed by atoms with Gasteiger partial charge in [0.05, 0.1) is 5.02 Å². The molecule has 1 aromatic carbocycles. The minimum Gasteiger partial charge on any atom is -0.352 e. The predicted octanol–water partition coefficient (Wildman–Crippen LogP) is 4.12. The van der Waals surface area contributed by atoms with Gasteiger partial charge in [-0.2, -0.15) is 15.0 Å². The normalized spacial score (nSPS) is 18.6. The van der Waals surface area contributed by atoms with Crippen molar-refractivity contribution >= 4 is 41.0 Å². The number of rotatable bonds is 5. The van der Waals surface area contributed by atoms with Gasteiger partial charge < -0.3 is 20.0 Å². The van der Waals surface area contributed by atoms with E-state index in [1.807, 2.05) is 12.1 Å². The first-order valence-electron chi connectivity index (χ1n) is 11.2. The SMILES string of the molecule is CC1CCCN1c1nc(Nc2cccc(F)c2)nc(N2CCN(c3ncccc3Cl)CC2)n1. The van der Waals surface area contributed by atoms with Crippen LogP contribution in [-0.2, 0) is 0 Å². The number of piperazine rings is 1. The highest BCUT2D eigenvalue weighted by atomic mass is 35.5. The first kappa shape index (κ1) is 21.6. The van der Waals surface area contributed by atoms with Crippen LogP contribution in [0.15, 0.2) is 42.6 Å². The van der Waals surface area contributed by atoms with Crippen LogP contribution < -0.4 is 20.0 Å². The summed E-state index contributed by atoms with van der Waals surface area (Å²) in [5, 5.41) is 3.80. The fourth-order valence-corrected chi connectivity index (χ4v) is 4.57. The number of anilines is 5. The minimum atomic E-state index is -0.313. The summed E-state index contributed by atoms with van der Waals surface area (Å²) < 4.78 is 13.7. The number of aromatic nitrogens is 4. The molecule has 33 heavy (non-hydrogen) atoms. The van der Waals surface area contributed by atoms with E-state index >= 15 is 0 Å². The molecule has 8 nitrogen and oxygen atoms in total. The lowest BCUT2D eigenvalue weighted by Gasteiger charge is -2.36. The molecule has 1 atom stereocenters. The fraction of sp³-hybridized carbons (Fsp3) is 0.391. The molecule has 2 aliphatic heterocycles. The second-order valence-corrected chi connectivity index (χ2v) is 8.77. The minimum absolute atomic E-state index is 0.313. The van der Waals surface area contributed by atoms with E-state index in [0.29, 0.717) is 34.6 Å². The van der Waals surface area contributed by atoms with Crippen LogP contribution in [0.2, 0.25) is 5.02 Å². The summed E-state index contributed by atoms with van der Waals surface area (Å²) in [4.78, 5) is 25.1. The Morgan fingerprint density at radius 1 is 0.970 bits per heavy atom. The topological polar surface area (TPSA) is 73.3 Å². The average Bonchev–Trinajstić information content (AvgIpc) is 3.25. The average molecular weight is 469 g/mol. The molecule has 5 rings (SSSR count). The molecular weight excluding hydrogens is 443 g/mol. The van der Waals surface area contributed by atoms with Crippen molar-refractivity contribution in [1.82, 2.24) is 19.9 Å². The van der Waals surface area contributed by atoms with Gasteiger partial charge in [-0.3, -0.25) is 0 Å². The largest absolute Gasteiger partial charge is 0.352 e. The summed E-state index contributed by atoms with van der Waals surface area (Å²) in [5.41, 5.74) is 0.599. The fourth-order valence-electron chi connectivity index (χ4n) is 4.33. The van der Waals surface area contributed by atoms with E-state index in [1.54, 1.807) is 18.3 Å². The summed E-state index contributed by atoms with van der Waals surface area (Å²) in [6, 6.07) is 10.3. The van der Waals surface area contributed by atoms with Gasteiger partial charge in [-0.15, -0.1) is 0 Å². The van der Waals surface area contributed by atoms with Gasteiger partial charge in [0.15, 0.2) is 0 Å². The smallest absolute Gasteiger partial charge is 0.233 e. The van der Waals surface area contributed by atoms with E-state index in [9.17, 15) is 4.39 Å². The molecule has 1 N–H and O–H groups in total. The van der Waals surface area contributed by atoms with E-state index in [-0.39, 0.29) is 5.82 Å². The number of nitrogens with one attached hydrogen (secondary N) is 1. The Hall–Kier alpha value is -3.20. The summed E-state index contributed by atoms with van der Waals surface area (Å²) in [7, 11) is 0. The number of halogens is 2. The zero-order valence-electron chi connectivity index (χ0n) is 18.5. The molecule has 0 spiro atoms. The van der Waals surface area contributed by atoms with Crippen molar-refractivity contribution < 1.29 is 4.39 Å². The zero-order valence-corrected chi connectivity index (χ0v) is 19.2. The van der Waals surface area contributed by atoms with Crippen LogP contribution in [-0.4, -0.2) is 58.7 Å². The summed E-state index contributed by atoms with van der Waals surface area (Å²) in [6.45, 7) is 6.06. The summed E-state index contributed by atoms with van der Waals surface area (Å²) in [6.07, 6.45) is 3.98. The molecule has 2 aliphatic rings. The van der Waals surface area contributed by atoms with Gasteiger partial charge in [-0.25, -0.2) is 9.37 Å². The van der Waals surface area contributed by atoms with E-state index in [2.05, 4.69) is 41.9 Å². The molecule has 0 saturated carbocycles. The lowest BCUT2D eigenvalue weighted by Crippen LogP contribution is -2.47. The van der Waals surface area contributed by atoms with Crippen LogP contribution >= 0.6 is 11.6 Å². The van der Waals surface area contributed by atoms with Crippen molar-refractivity contribution in [3.63, 3.8) is 0 Å². The van der Waals surface area contributed by atoms with Gasteiger partial charge >= 0.3 is 0 Å². The number of nitrogens with zero attached hydrogens (tertiary/aromatic N) is 7. The van der Waals surface area contributed by atoms with Gasteiger partial charge in [0, 0.05) is 50.6 Å². The van der Waals surface area contributed by atoms with Crippen molar-refractivity contribution in [1.29, 1.82) is 0 Å². The highest BCUT2D eigenvalue weighted by Crippen LogP contribution is 2.28. The van der Waals surface area contributed by atoms with E-state index in [4.69, 9.17) is 16.6 Å². The molecule has 172 valence electrons. The molecule has 10 heteroatoms. The Morgan fingerprint density at radius 2 is 1.76 bits per heavy atom. The lowest BCUT2D eigenvalue weighted by atomic mass is 10.2. The van der Waals surface area contributed by atoms with Crippen LogP contribution in [0.25, 0.3) is 0 Å². The Morgan fingerprint density at radius 3 is 2.48 bits per heavy atom. The summed E-state index contributed by atoms with van der Waals surface area (Å²) in [5.74, 6) is 2.17. The number of pyridine rings is 1. The molecule has 3 aromatic rings. The first-order chi connectivity index (χ1) is 16.1. The van der Waals surface area contributed by atoms with E-state index < -0.39 is 0 Å². The van der Waals surface area contributed by atoms with Gasteiger partial charge in [0.1, 0.15) is 11.6 Å². The van der Waals surface area contributed by atoms with Crippen molar-refractivity contribution in [3.8, 4) is 0 Å². The molecule has 2 aromatic heterocycles. The molecule has 2 fully saturated rings. The van der Waals surface area contributed by atoms with Crippen LogP contribution in [0.5, 0.6) is 0 Å². The predicted molar refractivity (Wildman–Crippen MR) is 129 cm³/mol. The Labute approximate surface area is 197 Å². The molecule has 0 amide bonds.